The number of aromatic nitrogens is 2. The quantitative estimate of drug-likeness (QED) is 0.195. The van der Waals surface area contributed by atoms with Crippen LogP contribution in [0.4, 0.5) is 5.69 Å². The molecule has 1 aliphatic carbocycles. The second-order valence-corrected chi connectivity index (χ2v) is 16.7. The number of methoxy groups -OCH3 is 2. The molecule has 0 radical (unpaired) electrons. The molecule has 1 spiro atoms. The molecule has 5 aliphatic rings. The van der Waals surface area contributed by atoms with E-state index in [9.17, 15) is 24.3 Å². The zero-order chi connectivity index (χ0) is 40.1. The summed E-state index contributed by atoms with van der Waals surface area (Å²) in [5.41, 5.74) is 4.72. The lowest BCUT2D eigenvalue weighted by Gasteiger charge is -2.56. The molecule has 1 unspecified atom stereocenters. The predicted molar refractivity (Wildman–Crippen MR) is 218 cm³/mol. The molecule has 3 amide bonds. The van der Waals surface area contributed by atoms with Crippen LogP contribution in [0.5, 0.6) is 17.4 Å². The number of phenols is 1. The third kappa shape index (κ3) is 6.95. The van der Waals surface area contributed by atoms with E-state index in [1.165, 1.54) is 19.7 Å². The second-order valence-electron chi connectivity index (χ2n) is 16.7. The van der Waals surface area contributed by atoms with Crippen LogP contribution in [0.2, 0.25) is 0 Å². The number of carbonyl (C=O) groups excluding carboxylic acids is 3. The number of imide groups is 1. The Morgan fingerprint density at radius 2 is 1.76 bits per heavy atom. The van der Waals surface area contributed by atoms with Crippen LogP contribution in [0.15, 0.2) is 53.6 Å². The third-order valence-electron chi connectivity index (χ3n) is 13.5. The molecule has 4 fully saturated rings. The van der Waals surface area contributed by atoms with Crippen LogP contribution >= 0.6 is 0 Å². The summed E-state index contributed by atoms with van der Waals surface area (Å²) in [6.45, 7) is 6.85. The maximum Gasteiger partial charge on any atom is 0.257 e. The maximum absolute atomic E-state index is 13.4. The van der Waals surface area contributed by atoms with Gasteiger partial charge >= 0.3 is 0 Å². The second kappa shape index (κ2) is 15.4. The largest absolute Gasteiger partial charge is 0.507 e. The standard InChI is InChI=1S/C44H51N7O7/c1-57-38-19-29(33-22-46-41(54)34-23-45-40(58-2)21-32(33)34)18-37(52)35(38)25-50-17-16-48(26-44(50)11-3-12-44)13-8-27-9-14-49(15-10-27)30-5-4-28-24-51(43(56)31(28)20-30)36-6-7-39(53)47-42(36)55/h4-5,18-23,27,36,52H,3,6-17,24-26H2,1-2H3,(H,46,54)(H,47,53,55). The average Bonchev–Trinajstić information content (AvgIpc) is 3.55. The number of rotatable bonds is 10. The minimum atomic E-state index is -0.602. The van der Waals surface area contributed by atoms with Gasteiger partial charge in [-0.3, -0.25) is 29.4 Å². The first kappa shape index (κ1) is 38.1. The number of pyridine rings is 2. The zero-order valence-corrected chi connectivity index (χ0v) is 33.2. The van der Waals surface area contributed by atoms with E-state index in [2.05, 4.69) is 36.1 Å². The minimum absolute atomic E-state index is 0.0786. The Hall–Kier alpha value is -5.47. The van der Waals surface area contributed by atoms with Gasteiger partial charge in [-0.05, 0) is 92.8 Å². The lowest BCUT2D eigenvalue weighted by atomic mass is 9.73. The summed E-state index contributed by atoms with van der Waals surface area (Å²) in [4.78, 5) is 66.3. The first-order chi connectivity index (χ1) is 28.1. The van der Waals surface area contributed by atoms with Crippen molar-refractivity contribution in [3.05, 3.63) is 75.8 Å². The van der Waals surface area contributed by atoms with Crippen LogP contribution in [0.3, 0.4) is 0 Å². The molecule has 4 aliphatic heterocycles. The van der Waals surface area contributed by atoms with E-state index in [0.717, 1.165) is 99.3 Å². The van der Waals surface area contributed by atoms with Gasteiger partial charge in [-0.15, -0.1) is 0 Å². The van der Waals surface area contributed by atoms with Crippen LogP contribution in [0.1, 0.15) is 72.9 Å². The van der Waals surface area contributed by atoms with Crippen LogP contribution in [0.25, 0.3) is 21.9 Å². The lowest BCUT2D eigenvalue weighted by Crippen LogP contribution is -2.65. The van der Waals surface area contributed by atoms with E-state index in [0.29, 0.717) is 53.4 Å². The van der Waals surface area contributed by atoms with E-state index in [1.807, 2.05) is 18.2 Å². The summed E-state index contributed by atoms with van der Waals surface area (Å²) in [6.07, 6.45) is 10.6. The van der Waals surface area contributed by atoms with Crippen molar-refractivity contribution in [2.24, 2.45) is 5.92 Å². The summed E-state index contributed by atoms with van der Waals surface area (Å²) in [5.74, 6) is 1.03. The number of nitrogens with one attached hydrogen (secondary N) is 2. The maximum atomic E-state index is 13.4. The molecule has 2 aromatic carbocycles. The summed E-state index contributed by atoms with van der Waals surface area (Å²) in [7, 11) is 3.17. The number of carbonyl (C=O) groups is 3. The highest BCUT2D eigenvalue weighted by Crippen LogP contribution is 2.44. The molecule has 1 atom stereocenters. The predicted octanol–water partition coefficient (Wildman–Crippen LogP) is 4.42. The van der Waals surface area contributed by atoms with E-state index >= 15 is 0 Å². The number of benzene rings is 2. The van der Waals surface area contributed by atoms with Crippen molar-refractivity contribution in [3.8, 4) is 28.5 Å². The monoisotopic (exact) mass is 789 g/mol. The molecule has 1 saturated carbocycles. The van der Waals surface area contributed by atoms with Gasteiger partial charge in [-0.1, -0.05) is 6.07 Å². The number of hydrogen-bond acceptors (Lipinski definition) is 11. The number of aromatic hydroxyl groups is 1. The zero-order valence-electron chi connectivity index (χ0n) is 33.2. The molecule has 3 saturated heterocycles. The lowest BCUT2D eigenvalue weighted by molar-refractivity contribution is -0.136. The Morgan fingerprint density at radius 3 is 2.50 bits per heavy atom. The van der Waals surface area contributed by atoms with E-state index in [-0.39, 0.29) is 41.0 Å². The molecular weight excluding hydrogens is 739 g/mol. The topological polar surface area (TPSA) is 161 Å². The molecule has 2 aromatic heterocycles. The van der Waals surface area contributed by atoms with Gasteiger partial charge in [-0.25, -0.2) is 4.98 Å². The summed E-state index contributed by atoms with van der Waals surface area (Å²) < 4.78 is 11.2. The minimum Gasteiger partial charge on any atom is -0.507 e. The van der Waals surface area contributed by atoms with Crippen LogP contribution in [-0.2, 0) is 22.7 Å². The molecule has 3 N–H and O–H groups in total. The molecule has 304 valence electrons. The van der Waals surface area contributed by atoms with Gasteiger partial charge in [0, 0.05) is 104 Å². The number of anilines is 1. The van der Waals surface area contributed by atoms with Gasteiger partial charge in [0.15, 0.2) is 0 Å². The molecule has 58 heavy (non-hydrogen) atoms. The van der Waals surface area contributed by atoms with Crippen molar-refractivity contribution in [2.45, 2.75) is 76.0 Å². The number of piperazine rings is 1. The number of hydrogen-bond donors (Lipinski definition) is 3. The Morgan fingerprint density at radius 1 is 0.931 bits per heavy atom. The van der Waals surface area contributed by atoms with E-state index in [4.69, 9.17) is 9.47 Å². The fourth-order valence-electron chi connectivity index (χ4n) is 9.98. The van der Waals surface area contributed by atoms with Crippen LogP contribution in [0, 0.1) is 5.92 Å². The summed E-state index contributed by atoms with van der Waals surface area (Å²) in [6, 6.07) is 11.0. The number of ether oxygens (including phenoxy) is 2. The van der Waals surface area contributed by atoms with Crippen molar-refractivity contribution >= 4 is 34.2 Å². The number of nitrogens with zero attached hydrogens (tertiary/aromatic N) is 5. The number of H-pyrrole nitrogens is 1. The van der Waals surface area contributed by atoms with Gasteiger partial charge < -0.3 is 34.3 Å². The molecule has 0 bridgehead atoms. The summed E-state index contributed by atoms with van der Waals surface area (Å²) in [5, 5.41) is 15.0. The van der Waals surface area contributed by atoms with Gasteiger partial charge in [-0.2, -0.15) is 0 Å². The smallest absolute Gasteiger partial charge is 0.257 e. The van der Waals surface area contributed by atoms with Crippen molar-refractivity contribution in [2.75, 3.05) is 58.4 Å². The van der Waals surface area contributed by atoms with Crippen molar-refractivity contribution in [1.29, 1.82) is 0 Å². The fourth-order valence-corrected chi connectivity index (χ4v) is 9.98. The molecule has 14 nitrogen and oxygen atoms in total. The SMILES string of the molecule is COc1cc2c(-c3cc(O)c(CN4CCN(CCC5CCN(c6ccc7c(c6)C(=O)N(C6CCC(=O)NC6=O)C7)CC5)CC45CCC5)c(OC)c3)c[nH]c(=O)c2cn1. The molecule has 14 heteroatoms. The number of phenolic OH excluding ortho intramolecular Hbond substituents is 1. The van der Waals surface area contributed by atoms with Crippen molar-refractivity contribution in [1.82, 2.24) is 30.0 Å². The van der Waals surface area contributed by atoms with E-state index < -0.39 is 6.04 Å². The van der Waals surface area contributed by atoms with E-state index in [1.54, 1.807) is 30.3 Å². The number of aromatic amines is 1. The highest BCUT2D eigenvalue weighted by molar-refractivity contribution is 6.05. The fraction of sp³-hybridized carbons (Fsp3) is 0.477. The first-order valence-electron chi connectivity index (χ1n) is 20.6. The van der Waals surface area contributed by atoms with Crippen molar-refractivity contribution in [3.63, 3.8) is 0 Å². The Kier molecular flexibility index (Phi) is 10.1. The van der Waals surface area contributed by atoms with Gasteiger partial charge in [0.05, 0.1) is 19.6 Å². The number of piperidine rings is 2. The van der Waals surface area contributed by atoms with Crippen LogP contribution in [-0.4, -0.2) is 113 Å². The van der Waals surface area contributed by atoms with Crippen molar-refractivity contribution < 1.29 is 29.0 Å². The normalized spacial score (nSPS) is 21.3. The van der Waals surface area contributed by atoms with Crippen LogP contribution < -0.4 is 25.2 Å². The average molecular weight is 790 g/mol. The third-order valence-corrected chi connectivity index (χ3v) is 13.5. The Bertz CT molecular complexity index is 2330. The highest BCUT2D eigenvalue weighted by Gasteiger charge is 2.46. The first-order valence-corrected chi connectivity index (χ1v) is 20.6. The van der Waals surface area contributed by atoms with Gasteiger partial charge in [0.25, 0.3) is 11.5 Å². The Balaban J connectivity index is 0.805. The molecule has 6 heterocycles. The summed E-state index contributed by atoms with van der Waals surface area (Å²) >= 11 is 0. The molecule has 9 rings (SSSR count). The Labute approximate surface area is 337 Å². The van der Waals surface area contributed by atoms with Gasteiger partial charge in [0.2, 0.25) is 17.7 Å². The molecular formula is C44H51N7O7. The number of amides is 3. The molecule has 4 aromatic rings. The highest BCUT2D eigenvalue weighted by atomic mass is 16.5. The number of fused-ring (bicyclic) bond motifs is 2. The van der Waals surface area contributed by atoms with Gasteiger partial charge in [0.1, 0.15) is 17.5 Å².